The van der Waals surface area contributed by atoms with Crippen LogP contribution in [0.3, 0.4) is 0 Å². The zero-order chi connectivity index (χ0) is 19.6. The van der Waals surface area contributed by atoms with E-state index >= 15 is 0 Å². The molecule has 0 radical (unpaired) electrons. The zero-order valence-corrected chi connectivity index (χ0v) is 16.4. The number of carbonyl (C=O) groups is 1. The molecule has 1 amide bonds. The summed E-state index contributed by atoms with van der Waals surface area (Å²) in [6, 6.07) is 7.96. The molecule has 3 rings (SSSR count). The predicted molar refractivity (Wildman–Crippen MR) is 105 cm³/mol. The number of aromatic nitrogens is 3. The number of ether oxygens (including phenoxy) is 2. The highest BCUT2D eigenvalue weighted by Crippen LogP contribution is 2.27. The maximum absolute atomic E-state index is 11.9. The number of fused-ring (bicyclic) bond motifs is 3. The second-order valence-electron chi connectivity index (χ2n) is 7.44. The van der Waals surface area contributed by atoms with Crippen molar-refractivity contribution in [3.8, 4) is 0 Å². The topological polar surface area (TPSA) is 78.3 Å². The summed E-state index contributed by atoms with van der Waals surface area (Å²) in [4.78, 5) is 21.2. The lowest BCUT2D eigenvalue weighted by Crippen LogP contribution is -2.34. The van der Waals surface area contributed by atoms with Crippen molar-refractivity contribution >= 4 is 28.0 Å². The fourth-order valence-corrected chi connectivity index (χ4v) is 3.01. The molecule has 27 heavy (non-hydrogen) atoms. The standard InChI is InChI=1S/C20H26N4O3/c1-13(26-5)18-23-16-12-22-15-9-7-6-8-14(15)17(16)24(18)11-10-21-19(25)27-20(2,3)4/h6-9,12-13H,10-11H2,1-5H3,(H,21,25). The molecule has 7 nitrogen and oxygen atoms in total. The molecule has 0 spiro atoms. The minimum absolute atomic E-state index is 0.183. The third-order valence-corrected chi connectivity index (χ3v) is 4.23. The Balaban J connectivity index is 1.94. The lowest BCUT2D eigenvalue weighted by atomic mass is 10.2. The minimum atomic E-state index is -0.524. The van der Waals surface area contributed by atoms with E-state index in [0.717, 1.165) is 27.8 Å². The second-order valence-corrected chi connectivity index (χ2v) is 7.44. The molecule has 0 saturated carbocycles. The smallest absolute Gasteiger partial charge is 0.407 e. The monoisotopic (exact) mass is 370 g/mol. The molecule has 0 saturated heterocycles. The van der Waals surface area contributed by atoms with Gasteiger partial charge in [-0.25, -0.2) is 9.78 Å². The highest BCUT2D eigenvalue weighted by atomic mass is 16.6. The first-order valence-corrected chi connectivity index (χ1v) is 9.03. The van der Waals surface area contributed by atoms with Gasteiger partial charge in [-0.2, -0.15) is 0 Å². The van der Waals surface area contributed by atoms with Crippen molar-refractivity contribution in [2.24, 2.45) is 0 Å². The van der Waals surface area contributed by atoms with E-state index in [-0.39, 0.29) is 6.10 Å². The van der Waals surface area contributed by atoms with Crippen LogP contribution in [0.2, 0.25) is 0 Å². The third kappa shape index (κ3) is 4.19. The summed E-state index contributed by atoms with van der Waals surface area (Å²) in [5.74, 6) is 0.802. The Bertz CT molecular complexity index is 959. The Morgan fingerprint density at radius 1 is 1.26 bits per heavy atom. The number of alkyl carbamates (subject to hydrolysis) is 1. The van der Waals surface area contributed by atoms with Gasteiger partial charge in [0, 0.05) is 25.6 Å². The SMILES string of the molecule is COC(C)c1nc2cnc3ccccc3c2n1CCNC(=O)OC(C)(C)C. The lowest BCUT2D eigenvalue weighted by molar-refractivity contribution is 0.0525. The summed E-state index contributed by atoms with van der Waals surface area (Å²) in [7, 11) is 1.66. The van der Waals surface area contributed by atoms with E-state index in [1.54, 1.807) is 13.3 Å². The normalized spacial score (nSPS) is 13.1. The molecule has 0 aliphatic carbocycles. The first kappa shape index (κ1) is 19.1. The first-order chi connectivity index (χ1) is 12.8. The number of nitrogens with one attached hydrogen (secondary N) is 1. The van der Waals surface area contributed by atoms with Gasteiger partial charge in [0.15, 0.2) is 0 Å². The van der Waals surface area contributed by atoms with Gasteiger partial charge in [0.1, 0.15) is 23.0 Å². The van der Waals surface area contributed by atoms with Crippen molar-refractivity contribution in [1.82, 2.24) is 19.9 Å². The van der Waals surface area contributed by atoms with Crippen LogP contribution in [0.4, 0.5) is 4.79 Å². The van der Waals surface area contributed by atoms with Gasteiger partial charge in [0.05, 0.1) is 17.2 Å². The third-order valence-electron chi connectivity index (χ3n) is 4.23. The Hall–Kier alpha value is -2.67. The van der Waals surface area contributed by atoms with E-state index in [9.17, 15) is 4.79 Å². The average molecular weight is 370 g/mol. The van der Waals surface area contributed by atoms with E-state index in [4.69, 9.17) is 14.5 Å². The number of benzene rings is 1. The van der Waals surface area contributed by atoms with Gasteiger partial charge in [0.25, 0.3) is 0 Å². The molecule has 0 aliphatic rings. The van der Waals surface area contributed by atoms with Crippen LogP contribution in [-0.2, 0) is 16.0 Å². The van der Waals surface area contributed by atoms with Crippen molar-refractivity contribution < 1.29 is 14.3 Å². The van der Waals surface area contributed by atoms with Gasteiger partial charge in [-0.3, -0.25) is 4.98 Å². The van der Waals surface area contributed by atoms with Crippen LogP contribution in [0.25, 0.3) is 21.9 Å². The average Bonchev–Trinajstić information content (AvgIpc) is 2.98. The fourth-order valence-electron chi connectivity index (χ4n) is 3.01. The molecule has 2 aromatic heterocycles. The molecule has 1 aromatic carbocycles. The summed E-state index contributed by atoms with van der Waals surface area (Å²) in [6.07, 6.45) is 1.17. The van der Waals surface area contributed by atoms with Crippen molar-refractivity contribution in [1.29, 1.82) is 0 Å². The van der Waals surface area contributed by atoms with Gasteiger partial charge in [-0.1, -0.05) is 18.2 Å². The Labute approximate surface area is 158 Å². The Morgan fingerprint density at radius 3 is 2.70 bits per heavy atom. The second kappa shape index (κ2) is 7.52. The van der Waals surface area contributed by atoms with Gasteiger partial charge in [-0.05, 0) is 33.8 Å². The molecule has 2 heterocycles. The summed E-state index contributed by atoms with van der Waals surface area (Å²) >= 11 is 0. The van der Waals surface area contributed by atoms with E-state index in [2.05, 4.69) is 14.9 Å². The number of methoxy groups -OCH3 is 1. The largest absolute Gasteiger partial charge is 0.444 e. The first-order valence-electron chi connectivity index (χ1n) is 9.03. The maximum Gasteiger partial charge on any atom is 0.407 e. The number of carbonyl (C=O) groups excluding carboxylic acids is 1. The quantitative estimate of drug-likeness (QED) is 0.739. The van der Waals surface area contributed by atoms with Gasteiger partial charge in [0.2, 0.25) is 0 Å². The molecular weight excluding hydrogens is 344 g/mol. The predicted octanol–water partition coefficient (Wildman–Crippen LogP) is 3.82. The van der Waals surface area contributed by atoms with Crippen LogP contribution >= 0.6 is 0 Å². The summed E-state index contributed by atoms with van der Waals surface area (Å²) in [6.45, 7) is 8.44. The number of amides is 1. The highest BCUT2D eigenvalue weighted by molar-refractivity contribution is 6.02. The molecule has 144 valence electrons. The lowest BCUT2D eigenvalue weighted by Gasteiger charge is -2.20. The number of nitrogens with zero attached hydrogens (tertiary/aromatic N) is 3. The van der Waals surface area contributed by atoms with Crippen LogP contribution in [-0.4, -0.2) is 39.9 Å². The Morgan fingerprint density at radius 2 is 2.00 bits per heavy atom. The molecule has 1 atom stereocenters. The number of pyridine rings is 1. The maximum atomic E-state index is 11.9. The molecule has 0 fully saturated rings. The number of hydrogen-bond acceptors (Lipinski definition) is 5. The van der Waals surface area contributed by atoms with Crippen LogP contribution < -0.4 is 5.32 Å². The van der Waals surface area contributed by atoms with Gasteiger partial charge < -0.3 is 19.4 Å². The molecular formula is C20H26N4O3. The Kier molecular flexibility index (Phi) is 5.32. The number of imidazole rings is 1. The summed E-state index contributed by atoms with van der Waals surface area (Å²) in [5, 5.41) is 3.83. The fraction of sp³-hybridized carbons (Fsp3) is 0.450. The van der Waals surface area contributed by atoms with E-state index in [1.807, 2.05) is 52.0 Å². The molecule has 1 unspecified atom stereocenters. The molecule has 1 N–H and O–H groups in total. The summed E-state index contributed by atoms with van der Waals surface area (Å²) in [5.41, 5.74) is 2.18. The van der Waals surface area contributed by atoms with Crippen molar-refractivity contribution in [3.05, 3.63) is 36.3 Å². The van der Waals surface area contributed by atoms with Crippen molar-refractivity contribution in [2.45, 2.75) is 45.9 Å². The molecule has 3 aromatic rings. The van der Waals surface area contributed by atoms with Gasteiger partial charge >= 0.3 is 6.09 Å². The van der Waals surface area contributed by atoms with Crippen LogP contribution in [0.1, 0.15) is 39.6 Å². The van der Waals surface area contributed by atoms with Crippen molar-refractivity contribution in [2.75, 3.05) is 13.7 Å². The van der Waals surface area contributed by atoms with Crippen LogP contribution in [0.15, 0.2) is 30.5 Å². The van der Waals surface area contributed by atoms with E-state index in [0.29, 0.717) is 13.1 Å². The van der Waals surface area contributed by atoms with Crippen LogP contribution in [0, 0.1) is 0 Å². The number of hydrogen-bond donors (Lipinski definition) is 1. The van der Waals surface area contributed by atoms with Gasteiger partial charge in [-0.15, -0.1) is 0 Å². The highest BCUT2D eigenvalue weighted by Gasteiger charge is 2.19. The minimum Gasteiger partial charge on any atom is -0.444 e. The molecule has 0 aliphatic heterocycles. The van der Waals surface area contributed by atoms with E-state index in [1.165, 1.54) is 0 Å². The molecule has 7 heteroatoms. The molecule has 0 bridgehead atoms. The van der Waals surface area contributed by atoms with E-state index < -0.39 is 11.7 Å². The number of rotatable bonds is 5. The zero-order valence-electron chi connectivity index (χ0n) is 16.4. The number of para-hydroxylation sites is 1. The van der Waals surface area contributed by atoms with Crippen molar-refractivity contribution in [3.63, 3.8) is 0 Å². The van der Waals surface area contributed by atoms with Crippen LogP contribution in [0.5, 0.6) is 0 Å². The summed E-state index contributed by atoms with van der Waals surface area (Å²) < 4.78 is 12.9.